The number of hydrogen-bond donors (Lipinski definition) is 2. The molecule has 0 amide bonds. The summed E-state index contributed by atoms with van der Waals surface area (Å²) in [4.78, 5) is 12.2. The Hall–Kier alpha value is -1.98. The summed E-state index contributed by atoms with van der Waals surface area (Å²) in [6, 6.07) is 5.20. The molecule has 0 radical (unpaired) electrons. The summed E-state index contributed by atoms with van der Waals surface area (Å²) in [5, 5.41) is 19.3. The summed E-state index contributed by atoms with van der Waals surface area (Å²) in [5.74, 6) is -1.17. The Bertz CT molecular complexity index is 770. The van der Waals surface area contributed by atoms with Crippen molar-refractivity contribution in [2.75, 3.05) is 7.11 Å². The predicted octanol–water partition coefficient (Wildman–Crippen LogP) is 3.17. The first-order chi connectivity index (χ1) is 10.8. The number of nitrogens with zero attached hydrogens (tertiary/aromatic N) is 1. The number of benzene rings is 1. The fraction of sp³-hybridized carbons (Fsp3) is 0.200. The molecule has 0 aliphatic carbocycles. The predicted molar refractivity (Wildman–Crippen MR) is 88.9 cm³/mol. The van der Waals surface area contributed by atoms with Crippen molar-refractivity contribution in [3.05, 3.63) is 49.4 Å². The van der Waals surface area contributed by atoms with Gasteiger partial charge in [-0.2, -0.15) is 5.26 Å². The fourth-order valence-electron chi connectivity index (χ4n) is 2.34. The van der Waals surface area contributed by atoms with Crippen LogP contribution in [-0.2, 0) is 14.3 Å². The van der Waals surface area contributed by atoms with E-state index in [4.69, 9.17) is 15.2 Å². The van der Waals surface area contributed by atoms with Gasteiger partial charge >= 0.3 is 5.97 Å². The normalized spacial score (nSPS) is 17.6. The van der Waals surface area contributed by atoms with E-state index < -0.39 is 11.9 Å². The number of halogens is 2. The molecular formula is C15H12Br2N2O4. The van der Waals surface area contributed by atoms with E-state index in [1.54, 1.807) is 19.1 Å². The third-order valence-electron chi connectivity index (χ3n) is 3.38. The van der Waals surface area contributed by atoms with Crippen molar-refractivity contribution in [1.29, 1.82) is 5.26 Å². The molecule has 120 valence electrons. The highest BCUT2D eigenvalue weighted by molar-refractivity contribution is 9.11. The molecule has 6 nitrogen and oxygen atoms in total. The van der Waals surface area contributed by atoms with Gasteiger partial charge in [0.25, 0.3) is 0 Å². The zero-order chi connectivity index (χ0) is 17.3. The van der Waals surface area contributed by atoms with Crippen molar-refractivity contribution >= 4 is 37.8 Å². The number of nitriles is 1. The first-order valence-corrected chi connectivity index (χ1v) is 7.95. The van der Waals surface area contributed by atoms with Gasteiger partial charge in [0.1, 0.15) is 23.2 Å². The molecule has 1 aromatic rings. The van der Waals surface area contributed by atoms with Crippen LogP contribution < -0.4 is 5.73 Å². The Morgan fingerprint density at radius 1 is 1.43 bits per heavy atom. The fourth-order valence-corrected chi connectivity index (χ4v) is 3.56. The van der Waals surface area contributed by atoms with Gasteiger partial charge in [-0.25, -0.2) is 4.79 Å². The second kappa shape index (κ2) is 6.64. The van der Waals surface area contributed by atoms with E-state index in [1.165, 1.54) is 7.11 Å². The lowest BCUT2D eigenvalue weighted by Gasteiger charge is -2.27. The Kier molecular flexibility index (Phi) is 5.02. The summed E-state index contributed by atoms with van der Waals surface area (Å²) >= 11 is 6.47. The SMILES string of the molecule is COC(=O)C1=C(C)OC(N)=C(C#N)[C@H]1c1cc(Br)c(O)c(Br)c1. The van der Waals surface area contributed by atoms with E-state index in [9.17, 15) is 15.2 Å². The van der Waals surface area contributed by atoms with E-state index >= 15 is 0 Å². The first kappa shape index (κ1) is 17.4. The minimum Gasteiger partial charge on any atom is -0.506 e. The van der Waals surface area contributed by atoms with Gasteiger partial charge in [-0.1, -0.05) is 0 Å². The lowest BCUT2D eigenvalue weighted by molar-refractivity contribution is -0.136. The maximum Gasteiger partial charge on any atom is 0.338 e. The molecule has 0 bridgehead atoms. The summed E-state index contributed by atoms with van der Waals surface area (Å²) in [7, 11) is 1.25. The molecule has 1 heterocycles. The van der Waals surface area contributed by atoms with Crippen LogP contribution >= 0.6 is 31.9 Å². The number of methoxy groups -OCH3 is 1. The zero-order valence-corrected chi connectivity index (χ0v) is 15.4. The maximum absolute atomic E-state index is 12.2. The molecule has 0 fully saturated rings. The van der Waals surface area contributed by atoms with Crippen LogP contribution in [0.2, 0.25) is 0 Å². The lowest BCUT2D eigenvalue weighted by Crippen LogP contribution is -2.25. The number of ether oxygens (including phenoxy) is 2. The third-order valence-corrected chi connectivity index (χ3v) is 4.59. The highest BCUT2D eigenvalue weighted by Gasteiger charge is 2.36. The summed E-state index contributed by atoms with van der Waals surface area (Å²) < 4.78 is 10.9. The van der Waals surface area contributed by atoms with E-state index in [2.05, 4.69) is 31.9 Å². The van der Waals surface area contributed by atoms with Crippen LogP contribution in [0.1, 0.15) is 18.4 Å². The van der Waals surface area contributed by atoms with E-state index in [0.717, 1.165) is 0 Å². The van der Waals surface area contributed by atoms with E-state index in [-0.39, 0.29) is 28.5 Å². The van der Waals surface area contributed by atoms with Crippen LogP contribution in [0.5, 0.6) is 5.75 Å². The average Bonchev–Trinajstić information content (AvgIpc) is 2.50. The minimum absolute atomic E-state index is 0.0107. The number of carbonyl (C=O) groups is 1. The highest BCUT2D eigenvalue weighted by atomic mass is 79.9. The Balaban J connectivity index is 2.73. The van der Waals surface area contributed by atoms with E-state index in [0.29, 0.717) is 14.5 Å². The Labute approximate surface area is 149 Å². The number of rotatable bonds is 2. The smallest absolute Gasteiger partial charge is 0.338 e. The van der Waals surface area contributed by atoms with Crippen molar-refractivity contribution < 1.29 is 19.4 Å². The van der Waals surface area contributed by atoms with Crippen LogP contribution in [0.4, 0.5) is 0 Å². The molecule has 1 aliphatic rings. The molecule has 0 unspecified atom stereocenters. The summed E-state index contributed by atoms with van der Waals surface area (Å²) in [6.07, 6.45) is 0. The van der Waals surface area contributed by atoms with Crippen LogP contribution in [0.3, 0.4) is 0 Å². The van der Waals surface area contributed by atoms with E-state index in [1.807, 2.05) is 6.07 Å². The monoisotopic (exact) mass is 442 g/mol. The maximum atomic E-state index is 12.2. The van der Waals surface area contributed by atoms with Crippen molar-refractivity contribution in [2.24, 2.45) is 5.73 Å². The van der Waals surface area contributed by atoms with Crippen LogP contribution in [0, 0.1) is 11.3 Å². The van der Waals surface area contributed by atoms with Crippen molar-refractivity contribution in [1.82, 2.24) is 0 Å². The largest absolute Gasteiger partial charge is 0.506 e. The molecule has 1 aliphatic heterocycles. The van der Waals surface area contributed by atoms with Gasteiger partial charge in [0.2, 0.25) is 5.88 Å². The van der Waals surface area contributed by atoms with Gasteiger partial charge < -0.3 is 20.3 Å². The number of esters is 1. The average molecular weight is 444 g/mol. The molecule has 1 aromatic carbocycles. The Morgan fingerprint density at radius 3 is 2.48 bits per heavy atom. The van der Waals surface area contributed by atoms with Gasteiger partial charge in [-0.05, 0) is 56.5 Å². The van der Waals surface area contributed by atoms with Crippen LogP contribution in [-0.4, -0.2) is 18.2 Å². The summed E-state index contributed by atoms with van der Waals surface area (Å²) in [5.41, 5.74) is 6.65. The van der Waals surface area contributed by atoms with Gasteiger partial charge in [0.05, 0.1) is 27.5 Å². The molecule has 0 aromatic heterocycles. The lowest BCUT2D eigenvalue weighted by atomic mass is 9.83. The second-order valence-electron chi connectivity index (χ2n) is 4.72. The van der Waals surface area contributed by atoms with Crippen molar-refractivity contribution in [2.45, 2.75) is 12.8 Å². The molecule has 0 spiro atoms. The molecule has 23 heavy (non-hydrogen) atoms. The molecular weight excluding hydrogens is 432 g/mol. The topological polar surface area (TPSA) is 106 Å². The van der Waals surface area contributed by atoms with Crippen LogP contribution in [0.15, 0.2) is 43.9 Å². The van der Waals surface area contributed by atoms with Gasteiger partial charge in [-0.3, -0.25) is 0 Å². The number of nitrogens with two attached hydrogens (primary N) is 1. The standard InChI is InChI=1S/C15H12Br2N2O4/c1-6-11(15(21)22-2)12(8(5-18)14(19)23-6)7-3-9(16)13(20)10(17)4-7/h3-4,12,20H,19H2,1-2H3/t12-/m1/s1. The van der Waals surface area contributed by atoms with Crippen molar-refractivity contribution in [3.8, 4) is 11.8 Å². The summed E-state index contributed by atoms with van der Waals surface area (Å²) in [6.45, 7) is 1.57. The molecule has 8 heteroatoms. The number of phenols is 1. The zero-order valence-electron chi connectivity index (χ0n) is 12.2. The van der Waals surface area contributed by atoms with Gasteiger partial charge in [-0.15, -0.1) is 0 Å². The molecule has 1 atom stereocenters. The number of allylic oxidation sites excluding steroid dienone is 2. The third kappa shape index (κ3) is 3.07. The molecule has 0 saturated carbocycles. The van der Waals surface area contributed by atoms with Gasteiger partial charge in [0, 0.05) is 0 Å². The number of aromatic hydroxyl groups is 1. The van der Waals surface area contributed by atoms with Gasteiger partial charge in [0.15, 0.2) is 0 Å². The second-order valence-corrected chi connectivity index (χ2v) is 6.43. The molecule has 2 rings (SSSR count). The number of carbonyl (C=O) groups excluding carboxylic acids is 1. The minimum atomic E-state index is -0.755. The Morgan fingerprint density at radius 2 is 2.00 bits per heavy atom. The van der Waals surface area contributed by atoms with Crippen LogP contribution in [0.25, 0.3) is 0 Å². The molecule has 3 N–H and O–H groups in total. The quantitative estimate of drug-likeness (QED) is 0.680. The number of phenolic OH excluding ortho intramolecular Hbond substituents is 1. The first-order valence-electron chi connectivity index (χ1n) is 6.36. The number of hydrogen-bond acceptors (Lipinski definition) is 6. The van der Waals surface area contributed by atoms with Crippen molar-refractivity contribution in [3.63, 3.8) is 0 Å². The highest BCUT2D eigenvalue weighted by Crippen LogP contribution is 2.43. The molecule has 0 saturated heterocycles.